The minimum atomic E-state index is -3.19. The number of nitrogens with one attached hydrogen (secondary N) is 1. The highest BCUT2D eigenvalue weighted by Crippen LogP contribution is 2.42. The first kappa shape index (κ1) is 14.3. The van der Waals surface area contributed by atoms with E-state index in [4.69, 9.17) is 4.74 Å². The average molecular weight is 283 g/mol. The molecule has 0 spiro atoms. The van der Waals surface area contributed by atoms with Gasteiger partial charge < -0.3 is 10.1 Å². The molecule has 19 heavy (non-hydrogen) atoms. The van der Waals surface area contributed by atoms with E-state index < -0.39 is 9.84 Å². The molecule has 5 heteroatoms. The molecule has 1 N–H and O–H groups in total. The van der Waals surface area contributed by atoms with Crippen LogP contribution in [0.3, 0.4) is 0 Å². The Morgan fingerprint density at radius 2 is 2.05 bits per heavy atom. The van der Waals surface area contributed by atoms with Crippen LogP contribution in [0, 0.1) is 5.41 Å². The molecule has 0 radical (unpaired) electrons. The maximum Gasteiger partial charge on any atom is 0.175 e. The molecule has 0 heterocycles. The van der Waals surface area contributed by atoms with Gasteiger partial charge in [-0.15, -0.1) is 0 Å². The fourth-order valence-electron chi connectivity index (χ4n) is 2.52. The van der Waals surface area contributed by atoms with E-state index in [1.54, 1.807) is 24.3 Å². The molecule has 1 fully saturated rings. The molecule has 1 aromatic rings. The van der Waals surface area contributed by atoms with Crippen LogP contribution < -0.4 is 10.1 Å². The summed E-state index contributed by atoms with van der Waals surface area (Å²) in [6, 6.07) is 7.14. The highest BCUT2D eigenvalue weighted by Gasteiger charge is 2.49. The largest absolute Gasteiger partial charge is 0.490 e. The Morgan fingerprint density at radius 3 is 2.58 bits per heavy atom. The molecule has 0 amide bonds. The summed E-state index contributed by atoms with van der Waals surface area (Å²) in [5.41, 5.74) is 0.0514. The minimum Gasteiger partial charge on any atom is -0.490 e. The molecule has 1 aliphatic rings. The summed E-state index contributed by atoms with van der Waals surface area (Å²) < 4.78 is 29.0. The number of rotatable bonds is 4. The monoisotopic (exact) mass is 283 g/mol. The summed E-state index contributed by atoms with van der Waals surface area (Å²) in [5, 5.41) is 3.27. The van der Waals surface area contributed by atoms with Crippen molar-refractivity contribution >= 4 is 9.84 Å². The quantitative estimate of drug-likeness (QED) is 0.916. The van der Waals surface area contributed by atoms with Crippen molar-refractivity contribution in [2.75, 3.05) is 13.3 Å². The Bertz CT molecular complexity index is 566. The number of benzene rings is 1. The Hall–Kier alpha value is -1.07. The molecule has 2 unspecified atom stereocenters. The van der Waals surface area contributed by atoms with Gasteiger partial charge in [0.15, 0.2) is 9.84 Å². The average Bonchev–Trinajstić information content (AvgIpc) is 2.33. The zero-order chi connectivity index (χ0) is 14.3. The lowest BCUT2D eigenvalue weighted by molar-refractivity contribution is -0.0521. The molecule has 0 bridgehead atoms. The van der Waals surface area contributed by atoms with Gasteiger partial charge in [0.25, 0.3) is 0 Å². The van der Waals surface area contributed by atoms with Crippen molar-refractivity contribution < 1.29 is 13.2 Å². The fraction of sp³-hybridized carbons (Fsp3) is 0.571. The molecule has 1 aromatic carbocycles. The summed E-state index contributed by atoms with van der Waals surface area (Å²) in [6.07, 6.45) is 2.25. The summed E-state index contributed by atoms with van der Waals surface area (Å²) in [5.74, 6) is 0.621. The summed E-state index contributed by atoms with van der Waals surface area (Å²) in [4.78, 5) is 0.298. The van der Waals surface area contributed by atoms with Gasteiger partial charge in [-0.3, -0.25) is 0 Å². The second-order valence-electron chi connectivity index (χ2n) is 5.75. The first-order valence-corrected chi connectivity index (χ1v) is 8.28. The van der Waals surface area contributed by atoms with E-state index in [2.05, 4.69) is 19.2 Å². The lowest BCUT2D eigenvalue weighted by atomic mass is 9.64. The molecular formula is C14H21NO3S. The lowest BCUT2D eigenvalue weighted by Crippen LogP contribution is -2.61. The topological polar surface area (TPSA) is 55.4 Å². The Morgan fingerprint density at radius 1 is 1.37 bits per heavy atom. The number of hydrogen-bond acceptors (Lipinski definition) is 4. The maximum absolute atomic E-state index is 11.5. The fourth-order valence-corrected chi connectivity index (χ4v) is 3.17. The van der Waals surface area contributed by atoms with Crippen LogP contribution in [0.1, 0.15) is 20.3 Å². The van der Waals surface area contributed by atoms with Crippen molar-refractivity contribution in [2.24, 2.45) is 5.41 Å². The first-order valence-electron chi connectivity index (χ1n) is 6.39. The van der Waals surface area contributed by atoms with Gasteiger partial charge >= 0.3 is 0 Å². The van der Waals surface area contributed by atoms with Crippen molar-refractivity contribution in [3.63, 3.8) is 0 Å². The second-order valence-corrected chi connectivity index (χ2v) is 7.77. The van der Waals surface area contributed by atoms with Crippen molar-refractivity contribution in [2.45, 2.75) is 37.3 Å². The van der Waals surface area contributed by atoms with E-state index in [1.165, 1.54) is 6.26 Å². The Kier molecular flexibility index (Phi) is 3.62. The van der Waals surface area contributed by atoms with Crippen LogP contribution >= 0.6 is 0 Å². The molecule has 4 nitrogen and oxygen atoms in total. The predicted molar refractivity (Wildman–Crippen MR) is 75.2 cm³/mol. The van der Waals surface area contributed by atoms with Gasteiger partial charge in [0.05, 0.1) is 4.90 Å². The van der Waals surface area contributed by atoms with E-state index in [0.29, 0.717) is 16.7 Å². The standard InChI is InChI=1S/C14H21NO3S/c1-14(2)12(15-3)9-13(14)18-10-6-5-7-11(8-10)19(4,16)17/h5-8,12-13,15H,9H2,1-4H3. The SMILES string of the molecule is CNC1CC(Oc2cccc(S(C)(=O)=O)c2)C1(C)C. The smallest absolute Gasteiger partial charge is 0.175 e. The van der Waals surface area contributed by atoms with E-state index >= 15 is 0 Å². The number of sulfone groups is 1. The summed E-state index contributed by atoms with van der Waals surface area (Å²) in [6.45, 7) is 4.31. The van der Waals surface area contributed by atoms with Crippen LogP contribution in [0.2, 0.25) is 0 Å². The predicted octanol–water partition coefficient (Wildman–Crippen LogP) is 1.86. The lowest BCUT2D eigenvalue weighted by Gasteiger charge is -2.51. The van der Waals surface area contributed by atoms with Crippen LogP contribution in [0.25, 0.3) is 0 Å². The van der Waals surface area contributed by atoms with Crippen molar-refractivity contribution in [1.29, 1.82) is 0 Å². The molecule has 2 atom stereocenters. The number of hydrogen-bond donors (Lipinski definition) is 1. The molecule has 0 aliphatic heterocycles. The second kappa shape index (κ2) is 4.80. The first-order chi connectivity index (χ1) is 8.75. The van der Waals surface area contributed by atoms with Crippen LogP contribution in [0.5, 0.6) is 5.75 Å². The normalized spacial score (nSPS) is 25.7. The Labute approximate surface area is 115 Å². The van der Waals surface area contributed by atoms with Gasteiger partial charge in [-0.1, -0.05) is 19.9 Å². The highest BCUT2D eigenvalue weighted by atomic mass is 32.2. The van der Waals surface area contributed by atoms with Gasteiger partial charge in [0.1, 0.15) is 11.9 Å². The number of ether oxygens (including phenoxy) is 1. The third-order valence-corrected chi connectivity index (χ3v) is 5.15. The van der Waals surface area contributed by atoms with Gasteiger partial charge in [-0.05, 0) is 25.2 Å². The zero-order valence-electron chi connectivity index (χ0n) is 11.8. The molecule has 0 aromatic heterocycles. The van der Waals surface area contributed by atoms with Crippen LogP contribution in [-0.4, -0.2) is 33.9 Å². The van der Waals surface area contributed by atoms with Crippen LogP contribution in [0.15, 0.2) is 29.2 Å². The van der Waals surface area contributed by atoms with Crippen molar-refractivity contribution in [3.8, 4) is 5.75 Å². The molecule has 106 valence electrons. The maximum atomic E-state index is 11.5. The van der Waals surface area contributed by atoms with Crippen LogP contribution in [0.4, 0.5) is 0 Å². The third-order valence-electron chi connectivity index (χ3n) is 4.04. The van der Waals surface area contributed by atoms with Gasteiger partial charge in [0.2, 0.25) is 0 Å². The van der Waals surface area contributed by atoms with E-state index in [1.807, 2.05) is 7.05 Å². The highest BCUT2D eigenvalue weighted by molar-refractivity contribution is 7.90. The van der Waals surface area contributed by atoms with Crippen molar-refractivity contribution in [3.05, 3.63) is 24.3 Å². The Balaban J connectivity index is 2.14. The molecule has 2 rings (SSSR count). The van der Waals surface area contributed by atoms with Crippen molar-refractivity contribution in [1.82, 2.24) is 5.32 Å². The van der Waals surface area contributed by atoms with Gasteiger partial charge in [0, 0.05) is 24.1 Å². The summed E-state index contributed by atoms with van der Waals surface area (Å²) >= 11 is 0. The van der Waals surface area contributed by atoms with E-state index in [9.17, 15) is 8.42 Å². The van der Waals surface area contributed by atoms with Crippen LogP contribution in [-0.2, 0) is 9.84 Å². The third kappa shape index (κ3) is 2.77. The molecular weight excluding hydrogens is 262 g/mol. The molecule has 1 aliphatic carbocycles. The van der Waals surface area contributed by atoms with E-state index in [0.717, 1.165) is 6.42 Å². The summed E-state index contributed by atoms with van der Waals surface area (Å²) in [7, 11) is -1.24. The molecule has 0 saturated heterocycles. The van der Waals surface area contributed by atoms with E-state index in [-0.39, 0.29) is 11.5 Å². The van der Waals surface area contributed by atoms with Gasteiger partial charge in [-0.2, -0.15) is 0 Å². The van der Waals surface area contributed by atoms with Gasteiger partial charge in [-0.25, -0.2) is 8.42 Å². The molecule has 1 saturated carbocycles. The zero-order valence-corrected chi connectivity index (χ0v) is 12.6. The minimum absolute atomic E-state index is 0.0514.